The van der Waals surface area contributed by atoms with Crippen LogP contribution in [0.3, 0.4) is 0 Å². The Morgan fingerprint density at radius 3 is 2.89 bits per heavy atom. The van der Waals surface area contributed by atoms with Crippen LogP contribution in [0, 0.1) is 6.92 Å². The molecule has 5 heteroatoms. The number of nitrogens with zero attached hydrogens (tertiary/aromatic N) is 2. The van der Waals surface area contributed by atoms with Gasteiger partial charge in [0.05, 0.1) is 22.9 Å². The predicted octanol–water partition coefficient (Wildman–Crippen LogP) is 3.06. The van der Waals surface area contributed by atoms with E-state index in [-0.39, 0.29) is 5.56 Å². The quantitative estimate of drug-likeness (QED) is 0.668. The Kier molecular flexibility index (Phi) is 3.87. The number of carboxylic acid groups (broad SMARTS) is 1. The summed E-state index contributed by atoms with van der Waals surface area (Å²) < 4.78 is 2.06. The van der Waals surface area contributed by atoms with E-state index in [9.17, 15) is 4.79 Å². The summed E-state index contributed by atoms with van der Waals surface area (Å²) in [5.74, 6) is -0.258. The lowest BCUT2D eigenvalue weighted by molar-refractivity contribution is 0.0697. The first-order chi connectivity index (χ1) is 8.63. The van der Waals surface area contributed by atoms with Crippen LogP contribution in [-0.2, 0) is 6.54 Å². The third-order valence-electron chi connectivity index (χ3n) is 2.93. The van der Waals surface area contributed by atoms with Crippen molar-refractivity contribution in [3.8, 4) is 0 Å². The number of rotatable bonds is 5. The Balaban J connectivity index is 2.37. The first-order valence-electron chi connectivity index (χ1n) is 5.88. The van der Waals surface area contributed by atoms with E-state index in [2.05, 4.69) is 9.55 Å². The molecule has 0 aliphatic heterocycles. The highest BCUT2D eigenvalue weighted by atomic mass is 35.5. The molecule has 0 spiro atoms. The fourth-order valence-electron chi connectivity index (χ4n) is 2.09. The van der Waals surface area contributed by atoms with Gasteiger partial charge in [0, 0.05) is 12.4 Å². The van der Waals surface area contributed by atoms with Crippen molar-refractivity contribution in [1.82, 2.24) is 9.55 Å². The summed E-state index contributed by atoms with van der Waals surface area (Å²) in [4.78, 5) is 15.2. The molecule has 0 aliphatic rings. The van der Waals surface area contributed by atoms with Crippen LogP contribution < -0.4 is 0 Å². The first-order valence-corrected chi connectivity index (χ1v) is 6.41. The first kappa shape index (κ1) is 12.9. The zero-order valence-corrected chi connectivity index (χ0v) is 10.9. The van der Waals surface area contributed by atoms with Gasteiger partial charge in [-0.1, -0.05) is 0 Å². The predicted molar refractivity (Wildman–Crippen MR) is 71.4 cm³/mol. The van der Waals surface area contributed by atoms with E-state index < -0.39 is 5.97 Å². The van der Waals surface area contributed by atoms with Crippen molar-refractivity contribution >= 4 is 28.6 Å². The van der Waals surface area contributed by atoms with Crippen LogP contribution in [0.2, 0.25) is 0 Å². The number of fused-ring (bicyclic) bond motifs is 1. The Morgan fingerprint density at radius 1 is 1.44 bits per heavy atom. The zero-order chi connectivity index (χ0) is 13.1. The van der Waals surface area contributed by atoms with E-state index in [4.69, 9.17) is 16.7 Å². The molecule has 18 heavy (non-hydrogen) atoms. The fourth-order valence-corrected chi connectivity index (χ4v) is 2.28. The molecule has 4 nitrogen and oxygen atoms in total. The number of hydrogen-bond acceptors (Lipinski definition) is 2. The summed E-state index contributed by atoms with van der Waals surface area (Å²) in [5.41, 5.74) is 2.96. The van der Waals surface area contributed by atoms with E-state index in [0.29, 0.717) is 5.88 Å². The normalized spacial score (nSPS) is 11.0. The number of aromatic carboxylic acids is 1. The standard InChI is InChI=1S/C13H15ClN2O2/c1-9-6-10(13(17)18)7-11-12(9)16(8-15-11)5-3-2-4-14/h6-8H,2-5H2,1H3,(H,17,18). The Labute approximate surface area is 110 Å². The zero-order valence-electron chi connectivity index (χ0n) is 10.2. The van der Waals surface area contributed by atoms with Gasteiger partial charge in [-0.3, -0.25) is 0 Å². The highest BCUT2D eigenvalue weighted by Gasteiger charge is 2.10. The lowest BCUT2D eigenvalue weighted by Crippen LogP contribution is -2.00. The molecule has 1 heterocycles. The number of alkyl halides is 1. The summed E-state index contributed by atoms with van der Waals surface area (Å²) in [5, 5.41) is 9.00. The monoisotopic (exact) mass is 266 g/mol. The summed E-state index contributed by atoms with van der Waals surface area (Å²) >= 11 is 5.66. The number of halogens is 1. The Bertz CT molecular complexity index is 578. The van der Waals surface area contributed by atoms with Crippen molar-refractivity contribution < 1.29 is 9.90 Å². The van der Waals surface area contributed by atoms with Crippen LogP contribution in [-0.4, -0.2) is 26.5 Å². The molecule has 0 fully saturated rings. The highest BCUT2D eigenvalue weighted by molar-refractivity contribution is 6.17. The van der Waals surface area contributed by atoms with E-state index in [0.717, 1.165) is 36.0 Å². The number of carboxylic acids is 1. The van der Waals surface area contributed by atoms with Gasteiger partial charge in [-0.15, -0.1) is 11.6 Å². The average Bonchev–Trinajstić information content (AvgIpc) is 2.73. The van der Waals surface area contributed by atoms with Gasteiger partial charge in [0.1, 0.15) is 0 Å². The molecular weight excluding hydrogens is 252 g/mol. The minimum absolute atomic E-state index is 0.283. The molecule has 96 valence electrons. The molecule has 0 saturated heterocycles. The molecular formula is C13H15ClN2O2. The van der Waals surface area contributed by atoms with Gasteiger partial charge in [-0.2, -0.15) is 0 Å². The van der Waals surface area contributed by atoms with Gasteiger partial charge in [0.2, 0.25) is 0 Å². The summed E-state index contributed by atoms with van der Waals surface area (Å²) in [6.45, 7) is 2.77. The lowest BCUT2D eigenvalue weighted by atomic mass is 10.1. The van der Waals surface area contributed by atoms with E-state index in [1.165, 1.54) is 0 Å². The van der Waals surface area contributed by atoms with Crippen LogP contribution >= 0.6 is 11.6 Å². The second-order valence-electron chi connectivity index (χ2n) is 4.30. The SMILES string of the molecule is Cc1cc(C(=O)O)cc2ncn(CCCCCl)c12. The molecule has 1 aromatic heterocycles. The van der Waals surface area contributed by atoms with Crippen molar-refractivity contribution in [2.75, 3.05) is 5.88 Å². The van der Waals surface area contributed by atoms with Gasteiger partial charge in [0.15, 0.2) is 0 Å². The number of hydrogen-bond donors (Lipinski definition) is 1. The van der Waals surface area contributed by atoms with Crippen LogP contribution in [0.5, 0.6) is 0 Å². The molecule has 0 atom stereocenters. The second-order valence-corrected chi connectivity index (χ2v) is 4.68. The molecule has 2 rings (SSSR count). The molecule has 0 unspecified atom stereocenters. The number of aryl methyl sites for hydroxylation is 2. The molecule has 2 aromatic rings. The summed E-state index contributed by atoms with van der Waals surface area (Å²) in [6, 6.07) is 3.30. The average molecular weight is 267 g/mol. The highest BCUT2D eigenvalue weighted by Crippen LogP contribution is 2.20. The topological polar surface area (TPSA) is 55.1 Å². The molecule has 0 aliphatic carbocycles. The largest absolute Gasteiger partial charge is 0.478 e. The maximum absolute atomic E-state index is 11.0. The third kappa shape index (κ3) is 2.48. The van der Waals surface area contributed by atoms with Crippen molar-refractivity contribution in [3.63, 3.8) is 0 Å². The smallest absolute Gasteiger partial charge is 0.335 e. The minimum atomic E-state index is -0.920. The second kappa shape index (κ2) is 5.40. The van der Waals surface area contributed by atoms with Crippen LogP contribution in [0.25, 0.3) is 11.0 Å². The van der Waals surface area contributed by atoms with Crippen molar-refractivity contribution in [1.29, 1.82) is 0 Å². The van der Waals surface area contributed by atoms with Crippen molar-refractivity contribution in [3.05, 3.63) is 29.6 Å². The van der Waals surface area contributed by atoms with Crippen molar-refractivity contribution in [2.24, 2.45) is 0 Å². The number of benzene rings is 1. The van der Waals surface area contributed by atoms with E-state index in [1.54, 1.807) is 18.5 Å². The molecule has 0 saturated carbocycles. The number of carbonyl (C=O) groups is 1. The van der Waals surface area contributed by atoms with Gasteiger partial charge >= 0.3 is 5.97 Å². The Hall–Kier alpha value is -1.55. The molecule has 1 N–H and O–H groups in total. The van der Waals surface area contributed by atoms with Gasteiger partial charge < -0.3 is 9.67 Å². The molecule has 1 aromatic carbocycles. The van der Waals surface area contributed by atoms with Crippen LogP contribution in [0.4, 0.5) is 0 Å². The van der Waals surface area contributed by atoms with Gasteiger partial charge in [0.25, 0.3) is 0 Å². The van der Waals surface area contributed by atoms with Gasteiger partial charge in [-0.05, 0) is 37.5 Å². The number of aromatic nitrogens is 2. The molecule has 0 radical (unpaired) electrons. The number of imidazole rings is 1. The maximum Gasteiger partial charge on any atom is 0.335 e. The lowest BCUT2D eigenvalue weighted by Gasteiger charge is -2.06. The van der Waals surface area contributed by atoms with Crippen molar-refractivity contribution in [2.45, 2.75) is 26.3 Å². The van der Waals surface area contributed by atoms with Crippen LogP contribution in [0.1, 0.15) is 28.8 Å². The number of unbranched alkanes of at least 4 members (excludes halogenated alkanes) is 1. The summed E-state index contributed by atoms with van der Waals surface area (Å²) in [7, 11) is 0. The molecule has 0 amide bonds. The summed E-state index contributed by atoms with van der Waals surface area (Å²) in [6.07, 6.45) is 3.72. The van der Waals surface area contributed by atoms with Crippen LogP contribution in [0.15, 0.2) is 18.5 Å². The molecule has 0 bridgehead atoms. The van der Waals surface area contributed by atoms with Gasteiger partial charge in [-0.25, -0.2) is 9.78 Å². The van der Waals surface area contributed by atoms with E-state index in [1.807, 2.05) is 6.92 Å². The minimum Gasteiger partial charge on any atom is -0.478 e. The maximum atomic E-state index is 11.0. The Morgan fingerprint density at radius 2 is 2.22 bits per heavy atom. The third-order valence-corrected chi connectivity index (χ3v) is 3.20. The fraction of sp³-hybridized carbons (Fsp3) is 0.385. The van der Waals surface area contributed by atoms with E-state index >= 15 is 0 Å².